The van der Waals surface area contributed by atoms with Crippen molar-refractivity contribution in [2.45, 2.75) is 57.7 Å². The van der Waals surface area contributed by atoms with Crippen LogP contribution in [0.2, 0.25) is 0 Å². The number of hydroxylamine groups is 2. The summed E-state index contributed by atoms with van der Waals surface area (Å²) < 4.78 is 0. The summed E-state index contributed by atoms with van der Waals surface area (Å²) in [5.74, 6) is 0.585. The summed E-state index contributed by atoms with van der Waals surface area (Å²) in [5, 5.41) is 10.3. The van der Waals surface area contributed by atoms with Gasteiger partial charge < -0.3 is 0 Å². The van der Waals surface area contributed by atoms with Gasteiger partial charge in [-0.05, 0) is 31.2 Å². The van der Waals surface area contributed by atoms with Gasteiger partial charge in [-0.1, -0.05) is 50.3 Å². The molecule has 1 aliphatic heterocycles. The van der Waals surface area contributed by atoms with Crippen molar-refractivity contribution in [1.82, 2.24) is 5.06 Å². The second-order valence-electron chi connectivity index (χ2n) is 7.55. The third-order valence-electron chi connectivity index (χ3n) is 4.59. The molecule has 132 valence electrons. The fraction of sp³-hybridized carbons (Fsp3) is 0.600. The Hall–Kier alpha value is -1.52. The Morgan fingerprint density at radius 2 is 2.04 bits per heavy atom. The molecule has 0 N–H and O–H groups in total. The molecule has 0 spiro atoms. The predicted octanol–water partition coefficient (Wildman–Crippen LogP) is 5.03. The molecule has 1 saturated heterocycles. The van der Waals surface area contributed by atoms with Gasteiger partial charge in [-0.25, -0.2) is 0 Å². The molecule has 0 aliphatic carbocycles. The molecular weight excluding hydrogens is 298 g/mol. The number of nitrogens with zero attached hydrogens (tertiary/aromatic N) is 3. The van der Waals surface area contributed by atoms with Crippen LogP contribution in [-0.4, -0.2) is 29.8 Å². The van der Waals surface area contributed by atoms with Crippen molar-refractivity contribution in [3.05, 3.63) is 48.6 Å². The molecular formula is C20H31N3O. The van der Waals surface area contributed by atoms with Crippen molar-refractivity contribution in [2.24, 2.45) is 16.1 Å². The summed E-state index contributed by atoms with van der Waals surface area (Å²) >= 11 is 0. The van der Waals surface area contributed by atoms with Gasteiger partial charge in [0, 0.05) is 20.0 Å². The van der Waals surface area contributed by atoms with Crippen molar-refractivity contribution in [3.8, 4) is 0 Å². The normalized spacial score (nSPS) is 28.0. The highest BCUT2D eigenvalue weighted by Crippen LogP contribution is 2.45. The van der Waals surface area contributed by atoms with E-state index in [0.717, 1.165) is 25.8 Å². The average molecular weight is 329 g/mol. The average Bonchev–Trinajstić information content (AvgIpc) is 2.78. The van der Waals surface area contributed by atoms with E-state index in [9.17, 15) is 0 Å². The molecule has 4 nitrogen and oxygen atoms in total. The minimum absolute atomic E-state index is 0.0379. The zero-order valence-electron chi connectivity index (χ0n) is 15.5. The van der Waals surface area contributed by atoms with Gasteiger partial charge in [-0.2, -0.15) is 15.3 Å². The second kappa shape index (κ2) is 8.04. The maximum Gasteiger partial charge on any atom is 0.110 e. The van der Waals surface area contributed by atoms with Crippen molar-refractivity contribution in [1.29, 1.82) is 0 Å². The van der Waals surface area contributed by atoms with Gasteiger partial charge in [-0.3, -0.25) is 4.84 Å². The van der Waals surface area contributed by atoms with E-state index in [4.69, 9.17) is 4.84 Å². The van der Waals surface area contributed by atoms with Gasteiger partial charge in [0.05, 0.1) is 12.1 Å². The minimum Gasteiger partial charge on any atom is -0.290 e. The molecule has 1 aliphatic rings. The van der Waals surface area contributed by atoms with Crippen molar-refractivity contribution in [3.63, 3.8) is 0 Å². The summed E-state index contributed by atoms with van der Waals surface area (Å²) in [4.78, 5) is 6.46. The molecule has 4 heteroatoms. The first kappa shape index (κ1) is 18.8. The molecule has 0 aromatic heterocycles. The van der Waals surface area contributed by atoms with Crippen LogP contribution in [0.5, 0.6) is 0 Å². The third-order valence-corrected chi connectivity index (χ3v) is 4.59. The highest BCUT2D eigenvalue weighted by molar-refractivity contribution is 5.16. The van der Waals surface area contributed by atoms with Crippen LogP contribution in [-0.2, 0) is 11.4 Å². The summed E-state index contributed by atoms with van der Waals surface area (Å²) in [7, 11) is 1.71. The molecule has 1 aromatic rings. The van der Waals surface area contributed by atoms with E-state index in [2.05, 4.69) is 66.9 Å². The van der Waals surface area contributed by atoms with Crippen LogP contribution >= 0.6 is 0 Å². The summed E-state index contributed by atoms with van der Waals surface area (Å²) in [6.07, 6.45) is 4.95. The van der Waals surface area contributed by atoms with E-state index in [1.807, 2.05) is 12.1 Å². The number of rotatable bonds is 8. The van der Waals surface area contributed by atoms with Crippen LogP contribution in [0.1, 0.15) is 45.6 Å². The Kier molecular flexibility index (Phi) is 6.30. The minimum atomic E-state index is -0.313. The maximum atomic E-state index is 6.46. The molecule has 1 fully saturated rings. The van der Waals surface area contributed by atoms with E-state index < -0.39 is 0 Å². The largest absolute Gasteiger partial charge is 0.290 e. The molecule has 1 unspecified atom stereocenters. The number of benzene rings is 1. The van der Waals surface area contributed by atoms with Crippen LogP contribution in [0.25, 0.3) is 0 Å². The van der Waals surface area contributed by atoms with Gasteiger partial charge in [0.25, 0.3) is 0 Å². The van der Waals surface area contributed by atoms with Crippen LogP contribution in [0.15, 0.2) is 53.2 Å². The van der Waals surface area contributed by atoms with Gasteiger partial charge in [-0.15, -0.1) is 6.58 Å². The molecule has 0 bridgehead atoms. The van der Waals surface area contributed by atoms with Crippen molar-refractivity contribution >= 4 is 0 Å². The van der Waals surface area contributed by atoms with Crippen LogP contribution in [0.4, 0.5) is 0 Å². The first-order valence-electron chi connectivity index (χ1n) is 8.80. The second-order valence-corrected chi connectivity index (χ2v) is 7.55. The molecule has 2 atom stereocenters. The third kappa shape index (κ3) is 4.52. The Morgan fingerprint density at radius 1 is 1.33 bits per heavy atom. The Bertz CT molecular complexity index is 557. The first-order chi connectivity index (χ1) is 11.4. The smallest absolute Gasteiger partial charge is 0.110 e. The predicted molar refractivity (Wildman–Crippen MR) is 98.7 cm³/mol. The summed E-state index contributed by atoms with van der Waals surface area (Å²) in [6.45, 7) is 12.1. The Morgan fingerprint density at radius 3 is 2.62 bits per heavy atom. The molecule has 0 saturated carbocycles. The zero-order valence-corrected chi connectivity index (χ0v) is 15.5. The number of hydrogen-bond donors (Lipinski definition) is 0. The van der Waals surface area contributed by atoms with Crippen LogP contribution in [0.3, 0.4) is 0 Å². The lowest BCUT2D eigenvalue weighted by molar-refractivity contribution is -0.224. The van der Waals surface area contributed by atoms with Crippen LogP contribution < -0.4 is 0 Å². The zero-order chi connectivity index (χ0) is 17.6. The molecule has 0 radical (unpaired) electrons. The molecule has 24 heavy (non-hydrogen) atoms. The molecule has 0 amide bonds. The van der Waals surface area contributed by atoms with E-state index in [0.29, 0.717) is 12.5 Å². The number of hydrogen-bond acceptors (Lipinski definition) is 4. The monoisotopic (exact) mass is 329 g/mol. The van der Waals surface area contributed by atoms with E-state index >= 15 is 0 Å². The fourth-order valence-corrected chi connectivity index (χ4v) is 3.89. The lowest BCUT2D eigenvalue weighted by Gasteiger charge is -2.37. The van der Waals surface area contributed by atoms with E-state index in [1.54, 1.807) is 7.05 Å². The van der Waals surface area contributed by atoms with Crippen molar-refractivity contribution < 1.29 is 4.84 Å². The summed E-state index contributed by atoms with van der Waals surface area (Å²) in [5.41, 5.74) is 0.909. The van der Waals surface area contributed by atoms with E-state index in [1.165, 1.54) is 5.56 Å². The highest BCUT2D eigenvalue weighted by atomic mass is 16.7. The van der Waals surface area contributed by atoms with Crippen LogP contribution in [0, 0.1) is 5.92 Å². The Labute approximate surface area is 146 Å². The maximum absolute atomic E-state index is 6.46. The van der Waals surface area contributed by atoms with Gasteiger partial charge in [0.2, 0.25) is 0 Å². The topological polar surface area (TPSA) is 37.2 Å². The van der Waals surface area contributed by atoms with Crippen molar-refractivity contribution in [2.75, 3.05) is 13.6 Å². The summed E-state index contributed by atoms with van der Waals surface area (Å²) in [6, 6.07) is 10.5. The van der Waals surface area contributed by atoms with E-state index in [-0.39, 0.29) is 11.1 Å². The lowest BCUT2D eigenvalue weighted by atomic mass is 9.78. The molecule has 2 rings (SSSR count). The van der Waals surface area contributed by atoms with Gasteiger partial charge in [0.1, 0.15) is 5.60 Å². The quantitative estimate of drug-likeness (QED) is 0.496. The Balaban J connectivity index is 2.31. The molecule has 1 aromatic carbocycles. The molecule has 1 heterocycles. The highest BCUT2D eigenvalue weighted by Gasteiger charge is 2.52. The first-order valence-corrected chi connectivity index (χ1v) is 8.80. The van der Waals surface area contributed by atoms with Gasteiger partial charge in [0.15, 0.2) is 0 Å². The number of azo groups is 1. The SMILES string of the molecule is C=CC[C@@]1(CC(C)C)CC(C)(CN=NC)ON1Cc1ccccc1. The van der Waals surface area contributed by atoms with Gasteiger partial charge >= 0.3 is 0 Å². The fourth-order valence-electron chi connectivity index (χ4n) is 3.89. The lowest BCUT2D eigenvalue weighted by Crippen LogP contribution is -2.43. The standard InChI is InChI=1S/C20H31N3O/c1-6-12-20(13-17(2)3)15-19(4,16-22-21-5)24-23(20)14-18-10-8-7-9-11-18/h6-11,17H,1,12-16H2,2-5H3/t19?,20-/m1/s1.